The first-order chi connectivity index (χ1) is 40.0. The van der Waals surface area contributed by atoms with Gasteiger partial charge in [-0.05, 0) is 57.8 Å². The van der Waals surface area contributed by atoms with Crippen LogP contribution in [0.1, 0.15) is 393 Å². The first kappa shape index (κ1) is 78.4. The molecule has 0 heterocycles. The molecule has 81 heavy (non-hydrogen) atoms. The number of hydrogen-bond donors (Lipinski definition) is 0. The molecule has 474 valence electrons. The van der Waals surface area contributed by atoms with E-state index < -0.39 is 6.10 Å². The SMILES string of the molecule is CC/C=C\C/C=C\C/C=C\C/C=C\CCCCCCCCCCCCCCC(=O)OC(COC(=O)CCCCCCCCCCCC)COC(=O)CCCCCCCCCCCCCCCCCCCCCCCCCCCCCC. The highest BCUT2D eigenvalue weighted by atomic mass is 16.6. The van der Waals surface area contributed by atoms with Crippen LogP contribution in [0.5, 0.6) is 0 Å². The average Bonchev–Trinajstić information content (AvgIpc) is 3.47. The van der Waals surface area contributed by atoms with Crippen LogP contribution in [-0.2, 0) is 28.6 Å². The number of ether oxygens (including phenoxy) is 3. The number of esters is 3. The molecule has 0 spiro atoms. The molecule has 0 aromatic heterocycles. The molecule has 0 radical (unpaired) electrons. The normalized spacial score (nSPS) is 12.3. The Balaban J connectivity index is 4.12. The molecule has 0 aliphatic heterocycles. The van der Waals surface area contributed by atoms with E-state index in [0.717, 1.165) is 83.5 Å². The molecule has 6 heteroatoms. The first-order valence-electron chi connectivity index (χ1n) is 36.1. The summed E-state index contributed by atoms with van der Waals surface area (Å²) in [5.41, 5.74) is 0. The number of allylic oxidation sites excluding steroid dienone is 8. The zero-order chi connectivity index (χ0) is 58.5. The van der Waals surface area contributed by atoms with Crippen LogP contribution in [0.3, 0.4) is 0 Å². The van der Waals surface area contributed by atoms with Gasteiger partial charge in [0.15, 0.2) is 6.10 Å². The zero-order valence-electron chi connectivity index (χ0n) is 54.6. The van der Waals surface area contributed by atoms with Gasteiger partial charge in [-0.15, -0.1) is 0 Å². The van der Waals surface area contributed by atoms with E-state index in [1.54, 1.807) is 0 Å². The maximum atomic E-state index is 12.9. The Kier molecular flexibility index (Phi) is 67.6. The second-order valence-corrected chi connectivity index (χ2v) is 24.5. The predicted octanol–water partition coefficient (Wildman–Crippen LogP) is 24.9. The summed E-state index contributed by atoms with van der Waals surface area (Å²) < 4.78 is 17.0. The fourth-order valence-corrected chi connectivity index (χ4v) is 11.0. The largest absolute Gasteiger partial charge is 0.462 e. The van der Waals surface area contributed by atoms with Crippen LogP contribution in [0.4, 0.5) is 0 Å². The lowest BCUT2D eigenvalue weighted by Gasteiger charge is -2.18. The minimum Gasteiger partial charge on any atom is -0.462 e. The minimum atomic E-state index is -0.771. The van der Waals surface area contributed by atoms with Crippen molar-refractivity contribution < 1.29 is 28.6 Å². The van der Waals surface area contributed by atoms with Gasteiger partial charge in [0.05, 0.1) is 0 Å². The topological polar surface area (TPSA) is 78.9 Å². The van der Waals surface area contributed by atoms with E-state index in [4.69, 9.17) is 14.2 Å². The highest BCUT2D eigenvalue weighted by Gasteiger charge is 2.19. The van der Waals surface area contributed by atoms with Gasteiger partial charge < -0.3 is 14.2 Å². The van der Waals surface area contributed by atoms with Gasteiger partial charge in [0.2, 0.25) is 0 Å². The lowest BCUT2D eigenvalue weighted by Crippen LogP contribution is -2.30. The maximum absolute atomic E-state index is 12.9. The quantitative estimate of drug-likeness (QED) is 0.0261. The highest BCUT2D eigenvalue weighted by Crippen LogP contribution is 2.19. The van der Waals surface area contributed by atoms with Crippen LogP contribution < -0.4 is 0 Å². The van der Waals surface area contributed by atoms with Gasteiger partial charge in [-0.3, -0.25) is 14.4 Å². The summed E-state index contributed by atoms with van der Waals surface area (Å²) in [5.74, 6) is -0.844. The lowest BCUT2D eigenvalue weighted by atomic mass is 10.0. The number of hydrogen-bond acceptors (Lipinski definition) is 6. The number of rotatable bonds is 67. The summed E-state index contributed by atoms with van der Waals surface area (Å²) in [6.07, 6.45) is 88.8. The van der Waals surface area contributed by atoms with Crippen molar-refractivity contribution in [2.75, 3.05) is 13.2 Å². The summed E-state index contributed by atoms with van der Waals surface area (Å²) in [7, 11) is 0. The van der Waals surface area contributed by atoms with E-state index in [1.807, 2.05) is 0 Å². The van der Waals surface area contributed by atoms with E-state index in [-0.39, 0.29) is 31.1 Å². The molecular weight excluding hydrogens is 997 g/mol. The molecule has 1 atom stereocenters. The molecule has 0 aliphatic carbocycles. The smallest absolute Gasteiger partial charge is 0.306 e. The van der Waals surface area contributed by atoms with Crippen molar-refractivity contribution >= 4 is 17.9 Å². The summed E-state index contributed by atoms with van der Waals surface area (Å²) in [5, 5.41) is 0. The van der Waals surface area contributed by atoms with Crippen molar-refractivity contribution in [3.05, 3.63) is 48.6 Å². The fourth-order valence-electron chi connectivity index (χ4n) is 11.0. The molecule has 1 unspecified atom stereocenters. The van der Waals surface area contributed by atoms with Crippen LogP contribution in [-0.4, -0.2) is 37.2 Å². The van der Waals surface area contributed by atoms with Crippen molar-refractivity contribution in [3.8, 4) is 0 Å². The number of carbonyl (C=O) groups excluding carboxylic acids is 3. The Morgan fingerprint density at radius 1 is 0.259 bits per heavy atom. The van der Waals surface area contributed by atoms with Gasteiger partial charge in [-0.25, -0.2) is 0 Å². The molecule has 6 nitrogen and oxygen atoms in total. The van der Waals surface area contributed by atoms with Crippen LogP contribution in [0, 0.1) is 0 Å². The Bertz CT molecular complexity index is 1400. The third kappa shape index (κ3) is 68.0. The van der Waals surface area contributed by atoms with Crippen LogP contribution in [0.15, 0.2) is 48.6 Å². The lowest BCUT2D eigenvalue weighted by molar-refractivity contribution is -0.167. The Labute approximate surface area is 505 Å². The number of carbonyl (C=O) groups is 3. The minimum absolute atomic E-state index is 0.0678. The second-order valence-electron chi connectivity index (χ2n) is 24.5. The van der Waals surface area contributed by atoms with Gasteiger partial charge in [0.1, 0.15) is 13.2 Å². The van der Waals surface area contributed by atoms with Crippen molar-refractivity contribution in [1.82, 2.24) is 0 Å². The molecule has 0 N–H and O–H groups in total. The number of unbranched alkanes of at least 4 members (excludes halogenated alkanes) is 48. The van der Waals surface area contributed by atoms with E-state index in [0.29, 0.717) is 19.3 Å². The Hall–Kier alpha value is -2.63. The van der Waals surface area contributed by atoms with Gasteiger partial charge >= 0.3 is 17.9 Å². The van der Waals surface area contributed by atoms with Gasteiger partial charge in [-0.1, -0.05) is 365 Å². The maximum Gasteiger partial charge on any atom is 0.306 e. The highest BCUT2D eigenvalue weighted by molar-refractivity contribution is 5.71. The molecule has 0 aromatic carbocycles. The molecule has 0 saturated heterocycles. The molecule has 0 bridgehead atoms. The summed E-state index contributed by atoms with van der Waals surface area (Å²) in [6.45, 7) is 6.59. The second kappa shape index (κ2) is 69.9. The van der Waals surface area contributed by atoms with Crippen molar-refractivity contribution in [2.24, 2.45) is 0 Å². The zero-order valence-corrected chi connectivity index (χ0v) is 54.6. The first-order valence-corrected chi connectivity index (χ1v) is 36.1. The summed E-state index contributed by atoms with van der Waals surface area (Å²) in [6, 6.07) is 0. The van der Waals surface area contributed by atoms with E-state index in [1.165, 1.54) is 270 Å². The standard InChI is InChI=1S/C75H138O6/c1-4-7-10-13-16-19-22-24-26-28-30-32-34-36-37-38-40-41-43-45-47-49-51-53-56-59-62-65-68-74(77)80-71-72(70-79-73(76)67-64-61-58-55-21-18-15-12-9-6-3)81-75(78)69-66-63-60-57-54-52-50-48-46-44-42-39-35-33-31-29-27-25-23-20-17-14-11-8-5-2/h8,11,17,20,25,27,31,33,72H,4-7,9-10,12-16,18-19,21-24,26,28-30,32,34-71H2,1-3H3/b11-8-,20-17-,27-25-,33-31-. The van der Waals surface area contributed by atoms with E-state index >= 15 is 0 Å². The average molecular weight is 1140 g/mol. The van der Waals surface area contributed by atoms with E-state index in [2.05, 4.69) is 69.4 Å². The molecule has 0 aliphatic rings. The van der Waals surface area contributed by atoms with Gasteiger partial charge in [-0.2, -0.15) is 0 Å². The third-order valence-electron chi connectivity index (χ3n) is 16.3. The van der Waals surface area contributed by atoms with Crippen LogP contribution in [0.25, 0.3) is 0 Å². The fraction of sp³-hybridized carbons (Fsp3) is 0.853. The van der Waals surface area contributed by atoms with Crippen molar-refractivity contribution in [2.45, 2.75) is 399 Å². The van der Waals surface area contributed by atoms with Gasteiger partial charge in [0.25, 0.3) is 0 Å². The monoisotopic (exact) mass is 1140 g/mol. The molecule has 0 aromatic rings. The molecule has 0 fully saturated rings. The molecular formula is C75H138O6. The molecule has 0 rings (SSSR count). The summed E-state index contributed by atoms with van der Waals surface area (Å²) in [4.78, 5) is 38.4. The summed E-state index contributed by atoms with van der Waals surface area (Å²) >= 11 is 0. The molecule has 0 amide bonds. The Morgan fingerprint density at radius 3 is 0.753 bits per heavy atom. The van der Waals surface area contributed by atoms with E-state index in [9.17, 15) is 14.4 Å². The Morgan fingerprint density at radius 2 is 0.481 bits per heavy atom. The van der Waals surface area contributed by atoms with Crippen molar-refractivity contribution in [1.29, 1.82) is 0 Å². The predicted molar refractivity (Wildman–Crippen MR) is 353 cm³/mol. The molecule has 0 saturated carbocycles. The van der Waals surface area contributed by atoms with Crippen LogP contribution >= 0.6 is 0 Å². The van der Waals surface area contributed by atoms with Gasteiger partial charge in [0, 0.05) is 19.3 Å². The van der Waals surface area contributed by atoms with Crippen LogP contribution in [0.2, 0.25) is 0 Å². The van der Waals surface area contributed by atoms with Crippen molar-refractivity contribution in [3.63, 3.8) is 0 Å². The third-order valence-corrected chi connectivity index (χ3v) is 16.3.